The van der Waals surface area contributed by atoms with E-state index in [0.717, 1.165) is 11.0 Å². The number of aromatic nitrogens is 1. The lowest BCUT2D eigenvalue weighted by molar-refractivity contribution is -0.0928. The van der Waals surface area contributed by atoms with Crippen molar-refractivity contribution in [3.63, 3.8) is 0 Å². The smallest absolute Gasteiger partial charge is 0.319 e. The summed E-state index contributed by atoms with van der Waals surface area (Å²) >= 11 is 1.76. The molecule has 0 bridgehead atoms. The summed E-state index contributed by atoms with van der Waals surface area (Å²) in [5, 5.41) is 2.09. The molecule has 2 aromatic heterocycles. The molecule has 0 radical (unpaired) electrons. The Hall–Kier alpha value is -1.73. The maximum atomic E-state index is 13.2. The Labute approximate surface area is 149 Å². The minimum atomic E-state index is -2.71. The summed E-state index contributed by atoms with van der Waals surface area (Å²) < 4.78 is 33.4. The molecule has 4 nitrogen and oxygen atoms in total. The lowest BCUT2D eigenvalue weighted by atomic mass is 9.82. The fraction of sp³-hybridized carbons (Fsp3) is 0.500. The molecule has 4 heterocycles. The van der Waals surface area contributed by atoms with Crippen LogP contribution in [0.4, 0.5) is 8.78 Å². The van der Waals surface area contributed by atoms with Crippen LogP contribution in [-0.4, -0.2) is 35.1 Å². The topological polar surface area (TPSA) is 34.5 Å². The number of carbonyl (C=O) groups is 1. The Morgan fingerprint density at radius 2 is 2.04 bits per heavy atom. The first kappa shape index (κ1) is 16.7. The molecule has 0 saturated carbocycles. The number of rotatable bonds is 2. The van der Waals surface area contributed by atoms with E-state index in [9.17, 15) is 13.6 Å². The Bertz CT molecular complexity index is 791. The summed E-state index contributed by atoms with van der Waals surface area (Å²) in [5.41, 5.74) is 1.39. The summed E-state index contributed by atoms with van der Waals surface area (Å²) in [6.45, 7) is 0.611. The van der Waals surface area contributed by atoms with E-state index in [-0.39, 0.29) is 17.2 Å². The summed E-state index contributed by atoms with van der Waals surface area (Å²) in [6.07, 6.45) is 2.35. The number of fused-ring (bicyclic) bond motifs is 2. The normalized spacial score (nSPS) is 19.4. The highest BCUT2D eigenvalue weighted by molar-refractivity contribution is 7.10. The minimum Gasteiger partial charge on any atom is -0.370 e. The maximum Gasteiger partial charge on any atom is 0.319 e. The zero-order chi connectivity index (χ0) is 17.6. The third-order valence-corrected chi connectivity index (χ3v) is 6.32. The average molecular weight is 366 g/mol. The third-order valence-electron chi connectivity index (χ3n) is 5.34. The van der Waals surface area contributed by atoms with Crippen LogP contribution in [0, 0.1) is 6.92 Å². The zero-order valence-corrected chi connectivity index (χ0v) is 14.8. The molecule has 0 unspecified atom stereocenters. The number of ether oxygens (including phenoxy) is 1. The number of alkyl halides is 2. The molecular formula is C18H20F2N2O2S. The van der Waals surface area contributed by atoms with Crippen molar-refractivity contribution in [1.29, 1.82) is 0 Å². The van der Waals surface area contributed by atoms with Crippen LogP contribution in [0.5, 0.6) is 0 Å². The molecule has 0 aliphatic carbocycles. The van der Waals surface area contributed by atoms with Gasteiger partial charge in [-0.15, -0.1) is 11.3 Å². The van der Waals surface area contributed by atoms with Gasteiger partial charge >= 0.3 is 6.55 Å². The Balaban J connectivity index is 1.53. The second kappa shape index (κ2) is 6.21. The van der Waals surface area contributed by atoms with Gasteiger partial charge in [-0.05, 0) is 48.9 Å². The Morgan fingerprint density at radius 3 is 2.76 bits per heavy atom. The van der Waals surface area contributed by atoms with Gasteiger partial charge in [-0.1, -0.05) is 0 Å². The van der Waals surface area contributed by atoms with E-state index >= 15 is 0 Å². The van der Waals surface area contributed by atoms with Crippen LogP contribution in [0.2, 0.25) is 0 Å². The minimum absolute atomic E-state index is 0.0595. The third kappa shape index (κ3) is 2.69. The van der Waals surface area contributed by atoms with Gasteiger partial charge in [-0.25, -0.2) is 0 Å². The Morgan fingerprint density at radius 1 is 1.28 bits per heavy atom. The molecule has 2 aliphatic heterocycles. The number of hydrogen-bond donors (Lipinski definition) is 0. The lowest BCUT2D eigenvalue weighted by Crippen LogP contribution is -2.48. The SMILES string of the molecule is Cc1ccc(C(=O)N2CCC3(CC2)OCCc2sccc23)n1C(F)F. The lowest BCUT2D eigenvalue weighted by Gasteiger charge is -2.44. The second-order valence-corrected chi connectivity index (χ2v) is 7.65. The molecule has 1 amide bonds. The number of aryl methyl sites for hydroxylation is 1. The van der Waals surface area contributed by atoms with Gasteiger partial charge in [-0.3, -0.25) is 9.36 Å². The van der Waals surface area contributed by atoms with Crippen LogP contribution in [0.25, 0.3) is 0 Å². The summed E-state index contributed by atoms with van der Waals surface area (Å²) in [7, 11) is 0. The summed E-state index contributed by atoms with van der Waals surface area (Å²) in [6, 6.07) is 5.18. The van der Waals surface area contributed by atoms with Gasteiger partial charge in [0, 0.05) is 30.1 Å². The Kier molecular flexibility index (Phi) is 4.16. The van der Waals surface area contributed by atoms with Crippen LogP contribution in [0.15, 0.2) is 23.6 Å². The monoisotopic (exact) mass is 366 g/mol. The van der Waals surface area contributed by atoms with Gasteiger partial charge < -0.3 is 9.64 Å². The number of nitrogens with zero attached hydrogens (tertiary/aromatic N) is 2. The number of halogens is 2. The van der Waals surface area contributed by atoms with Crippen molar-refractivity contribution in [2.45, 2.75) is 38.3 Å². The molecular weight excluding hydrogens is 346 g/mol. The quantitative estimate of drug-likeness (QED) is 0.806. The number of hydrogen-bond acceptors (Lipinski definition) is 3. The van der Waals surface area contributed by atoms with Gasteiger partial charge in [0.1, 0.15) is 5.69 Å². The molecule has 1 fully saturated rings. The van der Waals surface area contributed by atoms with Crippen LogP contribution >= 0.6 is 11.3 Å². The maximum absolute atomic E-state index is 13.2. The highest BCUT2D eigenvalue weighted by Gasteiger charge is 2.42. The highest BCUT2D eigenvalue weighted by Crippen LogP contribution is 2.43. The molecule has 2 aliphatic rings. The largest absolute Gasteiger partial charge is 0.370 e. The van der Waals surface area contributed by atoms with Crippen LogP contribution < -0.4 is 0 Å². The fourth-order valence-corrected chi connectivity index (χ4v) is 4.94. The van der Waals surface area contributed by atoms with E-state index in [4.69, 9.17) is 4.74 Å². The van der Waals surface area contributed by atoms with Gasteiger partial charge in [0.25, 0.3) is 5.91 Å². The highest BCUT2D eigenvalue weighted by atomic mass is 32.1. The first-order valence-electron chi connectivity index (χ1n) is 8.48. The van der Waals surface area contributed by atoms with E-state index in [1.807, 2.05) is 0 Å². The average Bonchev–Trinajstić information content (AvgIpc) is 3.22. The fourth-order valence-electron chi connectivity index (χ4n) is 3.99. The van der Waals surface area contributed by atoms with Crippen molar-refractivity contribution >= 4 is 17.2 Å². The molecule has 7 heteroatoms. The molecule has 25 heavy (non-hydrogen) atoms. The molecule has 2 aromatic rings. The zero-order valence-electron chi connectivity index (χ0n) is 14.0. The first-order valence-corrected chi connectivity index (χ1v) is 9.36. The molecule has 1 saturated heterocycles. The van der Waals surface area contributed by atoms with Crippen molar-refractivity contribution in [3.8, 4) is 0 Å². The molecule has 1 spiro atoms. The van der Waals surface area contributed by atoms with Gasteiger partial charge in [0.2, 0.25) is 0 Å². The van der Waals surface area contributed by atoms with Crippen LogP contribution in [0.1, 0.15) is 46.0 Å². The van der Waals surface area contributed by atoms with Gasteiger partial charge in [0.05, 0.1) is 12.2 Å². The molecule has 0 atom stereocenters. The number of likely N-dealkylation sites (tertiary alicyclic amines) is 1. The first-order chi connectivity index (χ1) is 12.0. The standard InChI is InChI=1S/C18H20F2N2O2S/c1-12-2-3-14(22(12)17(19)20)16(23)21-8-6-18(7-9-21)13-5-11-25-15(13)4-10-24-18/h2-3,5,11,17H,4,6-10H2,1H3. The molecule has 134 valence electrons. The van der Waals surface area contributed by atoms with Crippen molar-refractivity contribution < 1.29 is 18.3 Å². The van der Waals surface area contributed by atoms with Gasteiger partial charge in [0.15, 0.2) is 0 Å². The predicted octanol–water partition coefficient (Wildman–Crippen LogP) is 3.96. The summed E-state index contributed by atoms with van der Waals surface area (Å²) in [4.78, 5) is 15.8. The number of piperidine rings is 1. The van der Waals surface area contributed by atoms with E-state index in [2.05, 4.69) is 11.4 Å². The van der Waals surface area contributed by atoms with E-state index in [1.54, 1.807) is 29.2 Å². The molecule has 0 aromatic carbocycles. The number of amides is 1. The number of thiophene rings is 1. The van der Waals surface area contributed by atoms with Crippen molar-refractivity contribution in [1.82, 2.24) is 9.47 Å². The van der Waals surface area contributed by atoms with Crippen molar-refractivity contribution in [3.05, 3.63) is 45.4 Å². The summed E-state index contributed by atoms with van der Waals surface area (Å²) in [5.74, 6) is -0.329. The number of carbonyl (C=O) groups excluding carboxylic acids is 1. The van der Waals surface area contributed by atoms with E-state index in [0.29, 0.717) is 38.2 Å². The van der Waals surface area contributed by atoms with E-state index < -0.39 is 6.55 Å². The van der Waals surface area contributed by atoms with Gasteiger partial charge in [-0.2, -0.15) is 8.78 Å². The van der Waals surface area contributed by atoms with Crippen LogP contribution in [0.3, 0.4) is 0 Å². The van der Waals surface area contributed by atoms with Crippen molar-refractivity contribution in [2.75, 3.05) is 19.7 Å². The van der Waals surface area contributed by atoms with E-state index in [1.165, 1.54) is 16.5 Å². The second-order valence-electron chi connectivity index (χ2n) is 6.65. The van der Waals surface area contributed by atoms with Crippen LogP contribution in [-0.2, 0) is 16.8 Å². The molecule has 0 N–H and O–H groups in total. The predicted molar refractivity (Wildman–Crippen MR) is 91.2 cm³/mol. The van der Waals surface area contributed by atoms with Crippen molar-refractivity contribution in [2.24, 2.45) is 0 Å². The molecule has 4 rings (SSSR count).